The molecule has 0 aliphatic rings. The number of ether oxygens (including phenoxy) is 1. The van der Waals surface area contributed by atoms with Gasteiger partial charge >= 0.3 is 5.69 Å². The molecule has 0 aliphatic carbocycles. The molecule has 0 saturated heterocycles. The fourth-order valence-electron chi connectivity index (χ4n) is 1.70. The Morgan fingerprint density at radius 2 is 1.83 bits per heavy atom. The van der Waals surface area contributed by atoms with E-state index in [1.165, 1.54) is 0 Å². The summed E-state index contributed by atoms with van der Waals surface area (Å²) in [5.74, 6) is -0.615. The Morgan fingerprint density at radius 1 is 1.25 bits per heavy atom. The van der Waals surface area contributed by atoms with Gasteiger partial charge in [0.1, 0.15) is 5.75 Å². The maximum absolute atomic E-state index is 13.4. The lowest BCUT2D eigenvalue weighted by Gasteiger charge is -2.36. The minimum absolute atomic E-state index is 0.182. The molecule has 0 heterocycles. The van der Waals surface area contributed by atoms with Gasteiger partial charge in [-0.3, -0.25) is 10.1 Å². The van der Waals surface area contributed by atoms with Crippen LogP contribution in [0.3, 0.4) is 0 Å². The highest BCUT2D eigenvalue weighted by molar-refractivity contribution is 9.10. The summed E-state index contributed by atoms with van der Waals surface area (Å²) in [4.78, 5) is 10.00. The van der Waals surface area contributed by atoms with Crippen LogP contribution in [0.4, 0.5) is 10.1 Å². The lowest BCUT2D eigenvalue weighted by molar-refractivity contribution is -0.387. The topological polar surface area (TPSA) is 61.6 Å². The number of nitro groups is 1. The third-order valence-corrected chi connectivity index (χ3v) is 9.42. The average Bonchev–Trinajstić information content (AvgIpc) is 2.42. The largest absolute Gasteiger partial charge is 0.492 e. The van der Waals surface area contributed by atoms with Crippen molar-refractivity contribution in [3.8, 4) is 5.75 Å². The molecule has 0 spiro atoms. The first-order valence-electron chi connectivity index (χ1n) is 7.86. The van der Waals surface area contributed by atoms with E-state index in [9.17, 15) is 14.5 Å². The summed E-state index contributed by atoms with van der Waals surface area (Å²) >= 11 is 3.15. The van der Waals surface area contributed by atoms with Crippen molar-refractivity contribution in [2.45, 2.75) is 51.7 Å². The third-order valence-electron chi connectivity index (χ3n) is 4.26. The molecule has 0 N–H and O–H groups in total. The van der Waals surface area contributed by atoms with Gasteiger partial charge in [-0.2, -0.15) is 4.39 Å². The summed E-state index contributed by atoms with van der Waals surface area (Å²) in [7, 11) is -1.73. The number of benzene rings is 1. The Morgan fingerprint density at radius 3 is 2.38 bits per heavy atom. The molecular formula is C16H25BrFNO4Si. The van der Waals surface area contributed by atoms with Gasteiger partial charge in [0.05, 0.1) is 22.1 Å². The van der Waals surface area contributed by atoms with Gasteiger partial charge in [0.2, 0.25) is 5.82 Å². The first-order chi connectivity index (χ1) is 11.0. The van der Waals surface area contributed by atoms with Crippen molar-refractivity contribution < 1.29 is 18.5 Å². The van der Waals surface area contributed by atoms with Crippen molar-refractivity contribution in [2.24, 2.45) is 0 Å². The highest BCUT2D eigenvalue weighted by atomic mass is 79.9. The Bertz CT molecular complexity index is 590. The van der Waals surface area contributed by atoms with Crippen LogP contribution in [0.2, 0.25) is 18.1 Å². The highest BCUT2D eigenvalue weighted by Gasteiger charge is 2.36. The van der Waals surface area contributed by atoms with E-state index in [4.69, 9.17) is 9.16 Å². The number of nitro benzene ring substituents is 1. The van der Waals surface area contributed by atoms with Gasteiger partial charge in [0.15, 0.2) is 8.32 Å². The van der Waals surface area contributed by atoms with Gasteiger partial charge in [0, 0.05) is 6.61 Å². The van der Waals surface area contributed by atoms with Crippen LogP contribution in [0.1, 0.15) is 33.6 Å². The maximum atomic E-state index is 13.4. The van der Waals surface area contributed by atoms with E-state index in [-0.39, 0.29) is 10.8 Å². The first-order valence-corrected chi connectivity index (χ1v) is 11.6. The van der Waals surface area contributed by atoms with E-state index in [0.29, 0.717) is 17.7 Å². The Kier molecular flexibility index (Phi) is 7.37. The molecule has 24 heavy (non-hydrogen) atoms. The van der Waals surface area contributed by atoms with Crippen molar-refractivity contribution in [2.75, 3.05) is 13.2 Å². The van der Waals surface area contributed by atoms with Gasteiger partial charge in [0.25, 0.3) is 0 Å². The fourth-order valence-corrected chi connectivity index (χ4v) is 3.22. The molecule has 0 aliphatic heterocycles. The zero-order chi connectivity index (χ0) is 18.5. The maximum Gasteiger partial charge on any atom is 0.308 e. The van der Waals surface area contributed by atoms with Crippen LogP contribution < -0.4 is 4.74 Å². The summed E-state index contributed by atoms with van der Waals surface area (Å²) in [6.07, 6.45) is 1.60. The smallest absolute Gasteiger partial charge is 0.308 e. The molecule has 0 bridgehead atoms. The number of unbranched alkanes of at least 4 members (excludes halogenated alkanes) is 1. The van der Waals surface area contributed by atoms with E-state index in [2.05, 4.69) is 49.8 Å². The van der Waals surface area contributed by atoms with E-state index in [0.717, 1.165) is 25.0 Å². The monoisotopic (exact) mass is 421 g/mol. The molecule has 5 nitrogen and oxygen atoms in total. The van der Waals surface area contributed by atoms with Crippen molar-refractivity contribution in [1.82, 2.24) is 0 Å². The number of hydrogen-bond acceptors (Lipinski definition) is 4. The van der Waals surface area contributed by atoms with Crippen LogP contribution in [0.5, 0.6) is 5.75 Å². The van der Waals surface area contributed by atoms with E-state index in [1.54, 1.807) is 0 Å². The molecule has 0 unspecified atom stereocenters. The summed E-state index contributed by atoms with van der Waals surface area (Å²) in [6.45, 7) is 12.1. The fraction of sp³-hybridized carbons (Fsp3) is 0.625. The third kappa shape index (κ3) is 5.82. The minimum atomic E-state index is -1.73. The van der Waals surface area contributed by atoms with E-state index >= 15 is 0 Å². The van der Waals surface area contributed by atoms with Crippen molar-refractivity contribution in [3.63, 3.8) is 0 Å². The molecule has 1 rings (SSSR count). The zero-order valence-corrected chi connectivity index (χ0v) is 17.4. The number of nitrogens with zero attached hydrogens (tertiary/aromatic N) is 1. The van der Waals surface area contributed by atoms with Gasteiger partial charge in [-0.15, -0.1) is 0 Å². The van der Waals surface area contributed by atoms with Crippen LogP contribution >= 0.6 is 15.9 Å². The minimum Gasteiger partial charge on any atom is -0.492 e. The lowest BCUT2D eigenvalue weighted by Crippen LogP contribution is -2.41. The molecular weight excluding hydrogens is 397 g/mol. The molecule has 1 aromatic carbocycles. The molecule has 0 amide bonds. The van der Waals surface area contributed by atoms with Crippen LogP contribution in [-0.2, 0) is 4.43 Å². The second-order valence-corrected chi connectivity index (χ2v) is 12.8. The second kappa shape index (κ2) is 8.40. The Hall–Kier alpha value is -0.993. The highest BCUT2D eigenvalue weighted by Crippen LogP contribution is 2.36. The van der Waals surface area contributed by atoms with Crippen molar-refractivity contribution in [3.05, 3.63) is 32.5 Å². The standard InChI is InChI=1S/C16H25BrFNO4Si/c1-16(2,3)24(4,5)23-9-7-6-8-22-15-11-14(19(20)21)13(18)10-12(15)17/h10-11H,6-9H2,1-5H3. The zero-order valence-electron chi connectivity index (χ0n) is 14.8. The van der Waals surface area contributed by atoms with Crippen LogP contribution in [-0.4, -0.2) is 26.5 Å². The predicted octanol–water partition coefficient (Wildman–Crippen LogP) is 5.68. The van der Waals surface area contributed by atoms with Gasteiger partial charge in [-0.1, -0.05) is 20.8 Å². The SMILES string of the molecule is CC(C)(C)[Si](C)(C)OCCCCOc1cc([N+](=O)[O-])c(F)cc1Br. The Balaban J connectivity index is 2.44. The lowest BCUT2D eigenvalue weighted by atomic mass is 10.2. The number of halogens is 2. The van der Waals surface area contributed by atoms with Crippen LogP contribution in [0, 0.1) is 15.9 Å². The average molecular weight is 422 g/mol. The summed E-state index contributed by atoms with van der Waals surface area (Å²) in [5, 5.41) is 10.9. The molecule has 0 atom stereocenters. The molecule has 0 radical (unpaired) electrons. The van der Waals surface area contributed by atoms with Crippen LogP contribution in [0.15, 0.2) is 16.6 Å². The molecule has 0 saturated carbocycles. The molecule has 8 heteroatoms. The van der Waals surface area contributed by atoms with Gasteiger partial charge in [-0.25, -0.2) is 0 Å². The molecule has 1 aromatic rings. The quantitative estimate of drug-likeness (QED) is 0.234. The van der Waals surface area contributed by atoms with Crippen molar-refractivity contribution in [1.29, 1.82) is 0 Å². The summed E-state index contributed by atoms with van der Waals surface area (Å²) < 4.78 is 25.4. The number of rotatable bonds is 8. The first kappa shape index (κ1) is 21.1. The molecule has 136 valence electrons. The molecule has 0 fully saturated rings. The predicted molar refractivity (Wildman–Crippen MR) is 98.6 cm³/mol. The van der Waals surface area contributed by atoms with E-state index < -0.39 is 24.7 Å². The number of hydrogen-bond donors (Lipinski definition) is 0. The summed E-state index contributed by atoms with van der Waals surface area (Å²) in [6, 6.07) is 2.15. The van der Waals surface area contributed by atoms with Gasteiger partial charge < -0.3 is 9.16 Å². The summed E-state index contributed by atoms with van der Waals surface area (Å²) in [5.41, 5.74) is -0.588. The van der Waals surface area contributed by atoms with Crippen molar-refractivity contribution >= 4 is 29.9 Å². The van der Waals surface area contributed by atoms with E-state index in [1.807, 2.05) is 0 Å². The Labute approximate surface area is 151 Å². The second-order valence-electron chi connectivity index (χ2n) is 7.16. The normalized spacial score (nSPS) is 12.3. The molecule has 0 aromatic heterocycles. The van der Waals surface area contributed by atoms with Gasteiger partial charge in [-0.05, 0) is 53.0 Å². The van der Waals surface area contributed by atoms with Crippen LogP contribution in [0.25, 0.3) is 0 Å².